The Balaban J connectivity index is 0.951. The molecule has 0 saturated carbocycles. The molecule has 60 heavy (non-hydrogen) atoms. The van der Waals surface area contributed by atoms with E-state index in [0.29, 0.717) is 5.89 Å². The fourth-order valence-corrected chi connectivity index (χ4v) is 9.40. The molecule has 4 nitrogen and oxygen atoms in total. The van der Waals surface area contributed by atoms with Crippen LogP contribution in [-0.4, -0.2) is 4.98 Å². The zero-order valence-corrected chi connectivity index (χ0v) is 33.2. The van der Waals surface area contributed by atoms with Crippen LogP contribution in [-0.2, 0) is 5.41 Å². The maximum Gasteiger partial charge on any atom is 0.227 e. The molecule has 1 aliphatic carbocycles. The minimum absolute atomic E-state index is 0.114. The Labute approximate surface area is 347 Å². The molecule has 284 valence electrons. The number of hydrogen-bond acceptors (Lipinski definition) is 4. The summed E-state index contributed by atoms with van der Waals surface area (Å²) in [5.41, 5.74) is 17.2. The van der Waals surface area contributed by atoms with Crippen LogP contribution in [0.1, 0.15) is 25.0 Å². The van der Waals surface area contributed by atoms with Crippen LogP contribution < -0.4 is 4.90 Å². The van der Waals surface area contributed by atoms with Crippen molar-refractivity contribution in [1.82, 2.24) is 4.98 Å². The van der Waals surface area contributed by atoms with Crippen LogP contribution in [0.15, 0.2) is 203 Å². The number of rotatable bonds is 6. The van der Waals surface area contributed by atoms with Crippen LogP contribution in [0.4, 0.5) is 17.1 Å². The highest BCUT2D eigenvalue weighted by molar-refractivity contribution is 6.10. The number of aromatic nitrogens is 1. The quantitative estimate of drug-likeness (QED) is 0.169. The third-order valence-electron chi connectivity index (χ3n) is 12.5. The first kappa shape index (κ1) is 34.4. The molecule has 4 heteroatoms. The fraction of sp³-hybridized carbons (Fsp3) is 0.0536. The van der Waals surface area contributed by atoms with E-state index in [1.165, 1.54) is 44.2 Å². The average Bonchev–Trinajstić information content (AvgIpc) is 3.95. The Hall–Kier alpha value is -7.69. The number of anilines is 3. The maximum atomic E-state index is 6.36. The Morgan fingerprint density at radius 3 is 1.85 bits per heavy atom. The largest absolute Gasteiger partial charge is 0.456 e. The second-order valence-electron chi connectivity index (χ2n) is 16.4. The summed E-state index contributed by atoms with van der Waals surface area (Å²) in [6, 6.07) is 69.4. The Morgan fingerprint density at radius 2 is 1.07 bits per heavy atom. The molecule has 0 N–H and O–H groups in total. The van der Waals surface area contributed by atoms with Crippen LogP contribution in [0.2, 0.25) is 0 Å². The zero-order valence-electron chi connectivity index (χ0n) is 33.2. The van der Waals surface area contributed by atoms with Gasteiger partial charge in [0.15, 0.2) is 5.58 Å². The van der Waals surface area contributed by atoms with Crippen molar-refractivity contribution in [3.63, 3.8) is 0 Å². The second kappa shape index (κ2) is 13.2. The second-order valence-corrected chi connectivity index (χ2v) is 16.4. The highest BCUT2D eigenvalue weighted by Crippen LogP contribution is 2.54. The number of oxazole rings is 1. The van der Waals surface area contributed by atoms with Crippen molar-refractivity contribution in [3.05, 3.63) is 205 Å². The monoisotopic (exact) mass is 770 g/mol. The molecular formula is C56H38N2O2. The van der Waals surface area contributed by atoms with Gasteiger partial charge in [0.2, 0.25) is 5.89 Å². The number of fused-ring (bicyclic) bond motifs is 8. The lowest BCUT2D eigenvalue weighted by atomic mass is 9.82. The van der Waals surface area contributed by atoms with Crippen LogP contribution in [0.5, 0.6) is 0 Å². The van der Waals surface area contributed by atoms with Gasteiger partial charge in [0, 0.05) is 44.8 Å². The van der Waals surface area contributed by atoms with Gasteiger partial charge in [-0.1, -0.05) is 135 Å². The van der Waals surface area contributed by atoms with E-state index in [2.05, 4.69) is 176 Å². The van der Waals surface area contributed by atoms with Crippen LogP contribution in [0.25, 0.3) is 88.6 Å². The van der Waals surface area contributed by atoms with Crippen LogP contribution in [0.3, 0.4) is 0 Å². The molecule has 0 aliphatic heterocycles. The van der Waals surface area contributed by atoms with E-state index in [-0.39, 0.29) is 5.41 Å². The van der Waals surface area contributed by atoms with Crippen molar-refractivity contribution in [1.29, 1.82) is 0 Å². The summed E-state index contributed by atoms with van der Waals surface area (Å²) in [6.45, 7) is 4.68. The first-order chi connectivity index (χ1) is 29.5. The Morgan fingerprint density at radius 1 is 0.433 bits per heavy atom. The van der Waals surface area contributed by atoms with E-state index < -0.39 is 0 Å². The van der Waals surface area contributed by atoms with E-state index in [1.54, 1.807) is 0 Å². The standard InChI is InChI=1S/C56H38N2O2/c1-56(2)47-16-9-8-15-44(47)54-48(56)17-10-18-50(54)58(42-26-21-36(22-27-42)40-20-19-35-11-6-7-14-39(35)31-40)43-28-23-37(24-29-43)41-25-30-51-45(32-41)46-33-53-49(34-52(46)59-51)57-55(60-53)38-12-4-3-5-13-38/h3-34H,1-2H3. The summed E-state index contributed by atoms with van der Waals surface area (Å²) in [7, 11) is 0. The Bertz CT molecular complexity index is 3450. The third-order valence-corrected chi connectivity index (χ3v) is 12.5. The average molecular weight is 771 g/mol. The molecule has 0 unspecified atom stereocenters. The van der Waals surface area contributed by atoms with E-state index in [1.807, 2.05) is 36.4 Å². The van der Waals surface area contributed by atoms with Crippen molar-refractivity contribution in [2.75, 3.05) is 4.90 Å². The third kappa shape index (κ3) is 5.41. The summed E-state index contributed by atoms with van der Waals surface area (Å²) in [6.07, 6.45) is 0. The van der Waals surface area contributed by atoms with Gasteiger partial charge in [-0.3, -0.25) is 0 Å². The summed E-state index contributed by atoms with van der Waals surface area (Å²) < 4.78 is 12.6. The number of nitrogens with zero attached hydrogens (tertiary/aromatic N) is 2. The first-order valence-electron chi connectivity index (χ1n) is 20.5. The lowest BCUT2D eigenvalue weighted by molar-refractivity contribution is 0.620. The summed E-state index contributed by atoms with van der Waals surface area (Å²) >= 11 is 0. The fourth-order valence-electron chi connectivity index (χ4n) is 9.40. The number of benzene rings is 9. The lowest BCUT2D eigenvalue weighted by Crippen LogP contribution is -2.16. The summed E-state index contributed by atoms with van der Waals surface area (Å²) in [5, 5.41) is 4.54. The predicted octanol–water partition coefficient (Wildman–Crippen LogP) is 15.7. The van der Waals surface area contributed by atoms with E-state index in [0.717, 1.165) is 66.8 Å². The minimum atomic E-state index is -0.114. The predicted molar refractivity (Wildman–Crippen MR) is 247 cm³/mol. The van der Waals surface area contributed by atoms with Gasteiger partial charge in [-0.05, 0) is 116 Å². The zero-order chi connectivity index (χ0) is 40.0. The van der Waals surface area contributed by atoms with Gasteiger partial charge in [-0.25, -0.2) is 4.98 Å². The van der Waals surface area contributed by atoms with Crippen LogP contribution in [0, 0.1) is 0 Å². The summed E-state index contributed by atoms with van der Waals surface area (Å²) in [4.78, 5) is 7.19. The molecule has 2 aromatic heterocycles. The van der Waals surface area contributed by atoms with Gasteiger partial charge in [0.1, 0.15) is 16.7 Å². The Kier molecular flexibility index (Phi) is 7.54. The minimum Gasteiger partial charge on any atom is -0.456 e. The van der Waals surface area contributed by atoms with Gasteiger partial charge >= 0.3 is 0 Å². The highest BCUT2D eigenvalue weighted by atomic mass is 16.4. The summed E-state index contributed by atoms with van der Waals surface area (Å²) in [5.74, 6) is 0.603. The van der Waals surface area contributed by atoms with Gasteiger partial charge < -0.3 is 13.7 Å². The van der Waals surface area contributed by atoms with Crippen molar-refractivity contribution in [3.8, 4) is 44.8 Å². The smallest absolute Gasteiger partial charge is 0.227 e. The van der Waals surface area contributed by atoms with Crippen molar-refractivity contribution < 1.29 is 8.83 Å². The number of furan rings is 1. The molecule has 0 spiro atoms. The molecule has 0 bridgehead atoms. The molecule has 0 radical (unpaired) electrons. The number of hydrogen-bond donors (Lipinski definition) is 0. The normalized spacial score (nSPS) is 13.0. The van der Waals surface area contributed by atoms with E-state index in [4.69, 9.17) is 13.8 Å². The SMILES string of the molecule is CC1(C)c2ccccc2-c2c(N(c3ccc(-c4ccc5ccccc5c4)cc3)c3ccc(-c4ccc5oc6cc7nc(-c8ccccc8)oc7cc6c5c4)cc3)cccc21. The molecule has 1 aliphatic rings. The topological polar surface area (TPSA) is 42.4 Å². The van der Waals surface area contributed by atoms with Crippen molar-refractivity contribution >= 4 is 60.9 Å². The molecule has 12 rings (SSSR count). The maximum absolute atomic E-state index is 6.36. The molecular weight excluding hydrogens is 733 g/mol. The highest BCUT2D eigenvalue weighted by Gasteiger charge is 2.37. The molecule has 0 fully saturated rings. The van der Waals surface area contributed by atoms with Gasteiger partial charge in [-0.2, -0.15) is 0 Å². The first-order valence-corrected chi connectivity index (χ1v) is 20.5. The van der Waals surface area contributed by atoms with Crippen LogP contribution >= 0.6 is 0 Å². The van der Waals surface area contributed by atoms with Gasteiger partial charge in [-0.15, -0.1) is 0 Å². The molecule has 0 atom stereocenters. The molecule has 9 aromatic carbocycles. The van der Waals surface area contributed by atoms with E-state index in [9.17, 15) is 0 Å². The van der Waals surface area contributed by atoms with Crippen molar-refractivity contribution in [2.24, 2.45) is 0 Å². The lowest BCUT2D eigenvalue weighted by Gasteiger charge is -2.29. The van der Waals surface area contributed by atoms with Gasteiger partial charge in [0.05, 0.1) is 5.69 Å². The van der Waals surface area contributed by atoms with E-state index >= 15 is 0 Å². The van der Waals surface area contributed by atoms with Crippen molar-refractivity contribution in [2.45, 2.75) is 19.3 Å². The molecule has 2 heterocycles. The molecule has 0 saturated heterocycles. The molecule has 11 aromatic rings. The van der Waals surface area contributed by atoms with Gasteiger partial charge in [0.25, 0.3) is 0 Å². The molecule has 0 amide bonds.